The first-order valence-electron chi connectivity index (χ1n) is 9.76. The highest BCUT2D eigenvalue weighted by Gasteiger charge is 2.23. The molecule has 0 saturated heterocycles. The molecule has 1 saturated carbocycles. The lowest BCUT2D eigenvalue weighted by Crippen LogP contribution is -2.35. The number of carbonyl (C=O) groups is 1. The second kappa shape index (κ2) is 9.07. The molecule has 3 rings (SSSR count). The van der Waals surface area contributed by atoms with Gasteiger partial charge in [-0.25, -0.2) is 8.42 Å². The maximum atomic E-state index is 12.7. The molecule has 1 N–H and O–H groups in total. The molecule has 0 heterocycles. The number of hydrogen-bond donors (Lipinski definition) is 1. The maximum Gasteiger partial charge on any atom is 0.243 e. The van der Waals surface area contributed by atoms with Crippen LogP contribution in [0.4, 0.5) is 5.69 Å². The Balaban J connectivity index is 1.58. The molecule has 0 atom stereocenters. The number of sulfonamides is 1. The Morgan fingerprint density at radius 3 is 2.59 bits per heavy atom. The Kier molecular flexibility index (Phi) is 6.72. The van der Waals surface area contributed by atoms with Crippen LogP contribution in [-0.4, -0.2) is 38.8 Å². The summed E-state index contributed by atoms with van der Waals surface area (Å²) in [5.74, 6) is 0.309. The molecule has 0 radical (unpaired) electrons. The van der Waals surface area contributed by atoms with Crippen LogP contribution in [0.2, 0.25) is 0 Å². The topological polar surface area (TPSA) is 75.7 Å². The van der Waals surface area contributed by atoms with Crippen LogP contribution in [-0.2, 0) is 26.2 Å². The van der Waals surface area contributed by atoms with E-state index in [1.54, 1.807) is 24.3 Å². The SMILES string of the molecule is Cc1ccc(S(=O)(=O)N(C)CC(=O)Nc2cccc(COCC3CC3)c2)cc1C. The predicted molar refractivity (Wildman–Crippen MR) is 113 cm³/mol. The molecule has 29 heavy (non-hydrogen) atoms. The van der Waals surface area contributed by atoms with E-state index in [2.05, 4.69) is 5.32 Å². The van der Waals surface area contributed by atoms with Crippen LogP contribution in [0.25, 0.3) is 0 Å². The number of nitrogens with one attached hydrogen (secondary N) is 1. The highest BCUT2D eigenvalue weighted by molar-refractivity contribution is 7.89. The fourth-order valence-electron chi connectivity index (χ4n) is 2.91. The average Bonchev–Trinajstić information content (AvgIpc) is 3.48. The van der Waals surface area contributed by atoms with Crippen molar-refractivity contribution >= 4 is 21.6 Å². The second-order valence-corrected chi connectivity index (χ2v) is 9.76. The average molecular weight is 417 g/mol. The van der Waals surface area contributed by atoms with E-state index in [-0.39, 0.29) is 11.4 Å². The van der Waals surface area contributed by atoms with Crippen LogP contribution in [0.1, 0.15) is 29.5 Å². The van der Waals surface area contributed by atoms with Gasteiger partial charge >= 0.3 is 0 Å². The number of rotatable bonds is 9. The van der Waals surface area contributed by atoms with Crippen LogP contribution >= 0.6 is 0 Å². The first-order valence-corrected chi connectivity index (χ1v) is 11.2. The van der Waals surface area contributed by atoms with Crippen LogP contribution in [0.3, 0.4) is 0 Å². The fourth-order valence-corrected chi connectivity index (χ4v) is 4.12. The summed E-state index contributed by atoms with van der Waals surface area (Å²) in [7, 11) is -2.33. The van der Waals surface area contributed by atoms with Gasteiger partial charge in [0, 0.05) is 19.3 Å². The highest BCUT2D eigenvalue weighted by atomic mass is 32.2. The van der Waals surface area contributed by atoms with Crippen molar-refractivity contribution in [2.24, 2.45) is 5.92 Å². The molecular formula is C22H28N2O4S. The molecule has 1 aliphatic rings. The number of nitrogens with zero attached hydrogens (tertiary/aromatic N) is 1. The van der Waals surface area contributed by atoms with E-state index >= 15 is 0 Å². The molecule has 0 aliphatic heterocycles. The van der Waals surface area contributed by atoms with E-state index in [0.29, 0.717) is 18.2 Å². The van der Waals surface area contributed by atoms with Gasteiger partial charge in [0.1, 0.15) is 0 Å². The number of aryl methyl sites for hydroxylation is 2. The van der Waals surface area contributed by atoms with Crippen LogP contribution < -0.4 is 5.32 Å². The highest BCUT2D eigenvalue weighted by Crippen LogP contribution is 2.29. The molecule has 0 bridgehead atoms. The summed E-state index contributed by atoms with van der Waals surface area (Å²) in [5, 5.41) is 2.77. The Labute approximate surface area is 172 Å². The van der Waals surface area contributed by atoms with Crippen molar-refractivity contribution in [2.75, 3.05) is 25.5 Å². The Hall–Kier alpha value is -2.22. The largest absolute Gasteiger partial charge is 0.376 e. The van der Waals surface area contributed by atoms with Gasteiger partial charge in [-0.2, -0.15) is 4.31 Å². The van der Waals surface area contributed by atoms with Gasteiger partial charge in [-0.15, -0.1) is 0 Å². The smallest absolute Gasteiger partial charge is 0.243 e. The minimum Gasteiger partial charge on any atom is -0.376 e. The normalized spacial score (nSPS) is 14.2. The lowest BCUT2D eigenvalue weighted by Gasteiger charge is -2.18. The standard InChI is InChI=1S/C22H28N2O4S/c1-16-7-10-21(11-17(16)2)29(26,27)24(3)13-22(25)23-20-6-4-5-19(12-20)15-28-14-18-8-9-18/h4-7,10-12,18H,8-9,13-15H2,1-3H3,(H,23,25). The van der Waals surface area contributed by atoms with Gasteiger partial charge in [0.2, 0.25) is 15.9 Å². The summed E-state index contributed by atoms with van der Waals surface area (Å²) in [5.41, 5.74) is 3.51. The van der Waals surface area contributed by atoms with Gasteiger partial charge in [0.25, 0.3) is 0 Å². The van der Waals surface area contributed by atoms with Crippen molar-refractivity contribution in [1.82, 2.24) is 4.31 Å². The van der Waals surface area contributed by atoms with E-state index in [1.165, 1.54) is 19.9 Å². The third kappa shape index (κ3) is 5.88. The quantitative estimate of drug-likeness (QED) is 0.679. The van der Waals surface area contributed by atoms with Gasteiger partial charge in [0.05, 0.1) is 18.0 Å². The van der Waals surface area contributed by atoms with Crippen molar-refractivity contribution in [1.29, 1.82) is 0 Å². The van der Waals surface area contributed by atoms with E-state index in [1.807, 2.05) is 32.0 Å². The second-order valence-electron chi connectivity index (χ2n) is 7.71. The van der Waals surface area contributed by atoms with Gasteiger partial charge in [-0.1, -0.05) is 18.2 Å². The lowest BCUT2D eigenvalue weighted by molar-refractivity contribution is -0.116. The van der Waals surface area contributed by atoms with Crippen LogP contribution in [0.15, 0.2) is 47.4 Å². The lowest BCUT2D eigenvalue weighted by atomic mass is 10.1. The number of likely N-dealkylation sites (N-methyl/N-ethyl adjacent to an activating group) is 1. The molecule has 7 heteroatoms. The molecule has 1 amide bonds. The zero-order valence-corrected chi connectivity index (χ0v) is 18.0. The first kappa shape index (κ1) is 21.5. The Morgan fingerprint density at radius 1 is 1.14 bits per heavy atom. The molecule has 2 aromatic rings. The molecule has 6 nitrogen and oxygen atoms in total. The minimum atomic E-state index is -3.74. The molecule has 156 valence electrons. The maximum absolute atomic E-state index is 12.7. The Morgan fingerprint density at radius 2 is 1.90 bits per heavy atom. The zero-order valence-electron chi connectivity index (χ0n) is 17.1. The number of amides is 1. The number of benzene rings is 2. The molecule has 1 aliphatic carbocycles. The third-order valence-corrected chi connectivity index (χ3v) is 6.88. The molecule has 1 fully saturated rings. The molecule has 0 unspecified atom stereocenters. The van der Waals surface area contributed by atoms with E-state index < -0.39 is 15.9 Å². The van der Waals surface area contributed by atoms with Gasteiger partial charge in [-0.05, 0) is 73.6 Å². The minimum absolute atomic E-state index is 0.186. The number of ether oxygens (including phenoxy) is 1. The van der Waals surface area contributed by atoms with Gasteiger partial charge in [0.15, 0.2) is 0 Å². The number of carbonyl (C=O) groups excluding carboxylic acids is 1. The van der Waals surface area contributed by atoms with Crippen molar-refractivity contribution in [3.8, 4) is 0 Å². The third-order valence-electron chi connectivity index (χ3n) is 5.08. The van der Waals surface area contributed by atoms with Crippen molar-refractivity contribution in [3.05, 3.63) is 59.2 Å². The number of anilines is 1. The molecular weight excluding hydrogens is 388 g/mol. The van der Waals surface area contributed by atoms with E-state index in [0.717, 1.165) is 27.6 Å². The van der Waals surface area contributed by atoms with Crippen molar-refractivity contribution in [2.45, 2.75) is 38.2 Å². The summed E-state index contributed by atoms with van der Waals surface area (Å²) in [4.78, 5) is 12.6. The van der Waals surface area contributed by atoms with Crippen LogP contribution in [0, 0.1) is 19.8 Å². The molecule has 0 spiro atoms. The Bertz CT molecular complexity index is 984. The van der Waals surface area contributed by atoms with E-state index in [9.17, 15) is 13.2 Å². The monoisotopic (exact) mass is 416 g/mol. The molecule has 0 aromatic heterocycles. The van der Waals surface area contributed by atoms with Crippen molar-refractivity contribution in [3.63, 3.8) is 0 Å². The van der Waals surface area contributed by atoms with Crippen molar-refractivity contribution < 1.29 is 17.9 Å². The zero-order chi connectivity index (χ0) is 21.0. The van der Waals surface area contributed by atoms with Gasteiger partial charge < -0.3 is 10.1 Å². The summed E-state index contributed by atoms with van der Waals surface area (Å²) in [6.45, 7) is 4.80. The summed E-state index contributed by atoms with van der Waals surface area (Å²) in [6, 6.07) is 12.4. The molecule has 2 aromatic carbocycles. The fraction of sp³-hybridized carbons (Fsp3) is 0.409. The summed E-state index contributed by atoms with van der Waals surface area (Å²) < 4.78 is 32.2. The predicted octanol–water partition coefficient (Wildman–Crippen LogP) is 3.49. The van der Waals surface area contributed by atoms with Gasteiger partial charge in [-0.3, -0.25) is 4.79 Å². The van der Waals surface area contributed by atoms with Crippen LogP contribution in [0.5, 0.6) is 0 Å². The summed E-state index contributed by atoms with van der Waals surface area (Å²) >= 11 is 0. The number of hydrogen-bond acceptors (Lipinski definition) is 4. The first-order chi connectivity index (χ1) is 13.8. The summed E-state index contributed by atoms with van der Waals surface area (Å²) in [6.07, 6.45) is 2.49. The van der Waals surface area contributed by atoms with E-state index in [4.69, 9.17) is 4.74 Å².